The van der Waals surface area contributed by atoms with Crippen molar-refractivity contribution in [3.05, 3.63) is 35.2 Å². The Morgan fingerprint density at radius 1 is 1.00 bits per heavy atom. The Kier molecular flexibility index (Phi) is 7.80. The van der Waals surface area contributed by atoms with E-state index in [1.807, 2.05) is 0 Å². The van der Waals surface area contributed by atoms with E-state index in [9.17, 15) is 14.4 Å². The van der Waals surface area contributed by atoms with E-state index in [0.717, 1.165) is 0 Å². The molecule has 1 fully saturated rings. The molecule has 3 aromatic rings. The van der Waals surface area contributed by atoms with Crippen LogP contribution in [0.2, 0.25) is 5.15 Å². The standard InChI is InChI=1S/C29H35ClN6O7/c1-28(2,3)42-26(38)34-14-16(15-34)32-25(37)24-17-13-31-23(30)12-18(17)36(33-24)20-11-22-19(10-21(20)40-7)35(8-9-41-22)27(39)43-29(4,5)6/h10-13,16H,8-9,14-15H2,1-7H3,(H,32,37). The molecule has 0 atom stereocenters. The summed E-state index contributed by atoms with van der Waals surface area (Å²) in [5.41, 5.74) is 0.277. The second-order valence-corrected chi connectivity index (χ2v) is 12.7. The first kappa shape index (κ1) is 30.2. The van der Waals surface area contributed by atoms with Gasteiger partial charge in [0, 0.05) is 37.5 Å². The Morgan fingerprint density at radius 3 is 2.33 bits per heavy atom. The molecule has 5 rings (SSSR count). The van der Waals surface area contributed by atoms with Crippen molar-refractivity contribution in [2.45, 2.75) is 58.8 Å². The molecule has 1 N–H and O–H groups in total. The van der Waals surface area contributed by atoms with Gasteiger partial charge in [0.2, 0.25) is 0 Å². The van der Waals surface area contributed by atoms with Crippen molar-refractivity contribution >= 4 is 46.3 Å². The van der Waals surface area contributed by atoms with Crippen molar-refractivity contribution in [2.75, 3.05) is 38.3 Å². The number of likely N-dealkylation sites (tertiary alicyclic amines) is 1. The number of fused-ring (bicyclic) bond motifs is 2. The number of methoxy groups -OCH3 is 1. The van der Waals surface area contributed by atoms with E-state index in [0.29, 0.717) is 53.4 Å². The Bertz CT molecular complexity index is 1590. The molecule has 0 unspecified atom stereocenters. The lowest BCUT2D eigenvalue weighted by molar-refractivity contribution is 0.00530. The van der Waals surface area contributed by atoms with E-state index in [-0.39, 0.29) is 23.5 Å². The molecule has 14 heteroatoms. The van der Waals surface area contributed by atoms with Crippen molar-refractivity contribution in [1.82, 2.24) is 25.0 Å². The van der Waals surface area contributed by atoms with Crippen LogP contribution in [-0.2, 0) is 9.47 Å². The Labute approximate surface area is 254 Å². The molecule has 4 heterocycles. The van der Waals surface area contributed by atoms with Crippen LogP contribution in [0, 0.1) is 0 Å². The monoisotopic (exact) mass is 614 g/mol. The molecule has 1 saturated heterocycles. The van der Waals surface area contributed by atoms with Crippen LogP contribution in [0.3, 0.4) is 0 Å². The number of hydrogen-bond acceptors (Lipinski definition) is 9. The quantitative estimate of drug-likeness (QED) is 0.419. The van der Waals surface area contributed by atoms with Gasteiger partial charge in [-0.3, -0.25) is 9.69 Å². The first-order valence-corrected chi connectivity index (χ1v) is 14.2. The third kappa shape index (κ3) is 6.41. The zero-order valence-corrected chi connectivity index (χ0v) is 25.9. The predicted molar refractivity (Wildman–Crippen MR) is 159 cm³/mol. The number of carbonyl (C=O) groups is 3. The maximum Gasteiger partial charge on any atom is 0.415 e. The number of aromatic nitrogens is 3. The molecule has 3 amide bonds. The summed E-state index contributed by atoms with van der Waals surface area (Å²) in [6.07, 6.45) is 0.545. The number of nitrogens with one attached hydrogen (secondary N) is 1. The van der Waals surface area contributed by atoms with Crippen LogP contribution >= 0.6 is 11.6 Å². The van der Waals surface area contributed by atoms with Gasteiger partial charge < -0.3 is 29.2 Å². The number of ether oxygens (including phenoxy) is 4. The SMILES string of the molecule is COc1cc2c(cc1-n1nc(C(=O)NC3CN(C(=O)OC(C)(C)C)C3)c3cnc(Cl)cc31)OCCN2C(=O)OC(C)(C)C. The fourth-order valence-electron chi connectivity index (χ4n) is 4.70. The Balaban J connectivity index is 1.45. The van der Waals surface area contributed by atoms with E-state index in [2.05, 4.69) is 15.4 Å². The summed E-state index contributed by atoms with van der Waals surface area (Å²) in [7, 11) is 1.49. The topological polar surface area (TPSA) is 137 Å². The molecular formula is C29H35ClN6O7. The molecule has 2 aromatic heterocycles. The number of nitrogens with zero attached hydrogens (tertiary/aromatic N) is 5. The van der Waals surface area contributed by atoms with Crippen LogP contribution in [0.5, 0.6) is 11.5 Å². The van der Waals surface area contributed by atoms with Gasteiger partial charge >= 0.3 is 12.2 Å². The molecule has 0 bridgehead atoms. The van der Waals surface area contributed by atoms with E-state index >= 15 is 0 Å². The number of carbonyl (C=O) groups excluding carboxylic acids is 3. The lowest BCUT2D eigenvalue weighted by Crippen LogP contribution is -2.61. The largest absolute Gasteiger partial charge is 0.494 e. The average Bonchev–Trinajstić information content (AvgIpc) is 3.25. The molecule has 2 aliphatic heterocycles. The van der Waals surface area contributed by atoms with Crippen molar-refractivity contribution in [3.8, 4) is 17.2 Å². The number of benzene rings is 1. The van der Waals surface area contributed by atoms with Crippen molar-refractivity contribution in [1.29, 1.82) is 0 Å². The summed E-state index contributed by atoms with van der Waals surface area (Å²) in [5.74, 6) is 0.347. The molecule has 0 saturated carbocycles. The second kappa shape index (κ2) is 11.1. The van der Waals surface area contributed by atoms with Gasteiger partial charge in [-0.15, -0.1) is 0 Å². The van der Waals surface area contributed by atoms with Crippen LogP contribution in [0.4, 0.5) is 15.3 Å². The number of halogens is 1. The maximum atomic E-state index is 13.4. The number of rotatable bonds is 4. The van der Waals surface area contributed by atoms with Gasteiger partial charge in [-0.25, -0.2) is 19.3 Å². The average molecular weight is 615 g/mol. The Morgan fingerprint density at radius 2 is 1.67 bits per heavy atom. The van der Waals surface area contributed by atoms with Crippen LogP contribution in [0.1, 0.15) is 52.0 Å². The minimum atomic E-state index is -0.675. The summed E-state index contributed by atoms with van der Waals surface area (Å²) >= 11 is 6.25. The summed E-state index contributed by atoms with van der Waals surface area (Å²) in [5, 5.41) is 8.23. The van der Waals surface area contributed by atoms with E-state index in [4.69, 9.17) is 30.5 Å². The van der Waals surface area contributed by atoms with Gasteiger partial charge in [-0.1, -0.05) is 11.6 Å². The van der Waals surface area contributed by atoms with E-state index in [1.165, 1.54) is 27.8 Å². The summed E-state index contributed by atoms with van der Waals surface area (Å²) < 4.78 is 24.1. The molecule has 2 aliphatic rings. The highest BCUT2D eigenvalue weighted by atomic mass is 35.5. The fraction of sp³-hybridized carbons (Fsp3) is 0.483. The molecule has 13 nitrogen and oxygen atoms in total. The van der Waals surface area contributed by atoms with Crippen molar-refractivity contribution < 1.29 is 33.3 Å². The minimum absolute atomic E-state index is 0.117. The van der Waals surface area contributed by atoms with Gasteiger partial charge in [-0.2, -0.15) is 5.10 Å². The zero-order valence-electron chi connectivity index (χ0n) is 25.2. The second-order valence-electron chi connectivity index (χ2n) is 12.3. The fourth-order valence-corrected chi connectivity index (χ4v) is 4.86. The van der Waals surface area contributed by atoms with Crippen molar-refractivity contribution in [2.24, 2.45) is 0 Å². The smallest absolute Gasteiger partial charge is 0.415 e. The van der Waals surface area contributed by atoms with Gasteiger partial charge in [0.05, 0.1) is 36.3 Å². The highest BCUT2D eigenvalue weighted by Crippen LogP contribution is 2.41. The third-order valence-electron chi connectivity index (χ3n) is 6.58. The van der Waals surface area contributed by atoms with Crippen LogP contribution in [0.25, 0.3) is 16.6 Å². The summed E-state index contributed by atoms with van der Waals surface area (Å²) in [6.45, 7) is 12.0. The first-order chi connectivity index (χ1) is 20.1. The van der Waals surface area contributed by atoms with Gasteiger partial charge in [0.25, 0.3) is 5.91 Å². The molecule has 1 aromatic carbocycles. The van der Waals surface area contributed by atoms with Crippen LogP contribution in [-0.4, -0.2) is 88.4 Å². The summed E-state index contributed by atoms with van der Waals surface area (Å²) in [4.78, 5) is 45.8. The normalized spacial score (nSPS) is 15.3. The zero-order chi connectivity index (χ0) is 31.3. The molecule has 0 spiro atoms. The number of hydrogen-bond donors (Lipinski definition) is 1. The predicted octanol–water partition coefficient (Wildman–Crippen LogP) is 4.57. The number of amides is 3. The molecule has 0 aliphatic carbocycles. The Hall–Kier alpha value is -4.26. The maximum absolute atomic E-state index is 13.4. The first-order valence-electron chi connectivity index (χ1n) is 13.8. The molecule has 43 heavy (non-hydrogen) atoms. The van der Waals surface area contributed by atoms with Crippen LogP contribution < -0.4 is 19.7 Å². The summed E-state index contributed by atoms with van der Waals surface area (Å²) in [6, 6.07) is 4.69. The van der Waals surface area contributed by atoms with E-state index in [1.54, 1.807) is 59.7 Å². The number of anilines is 1. The van der Waals surface area contributed by atoms with Gasteiger partial charge in [0.15, 0.2) is 5.69 Å². The third-order valence-corrected chi connectivity index (χ3v) is 6.79. The minimum Gasteiger partial charge on any atom is -0.494 e. The molecule has 0 radical (unpaired) electrons. The number of pyridine rings is 1. The highest BCUT2D eigenvalue weighted by molar-refractivity contribution is 6.30. The molecular weight excluding hydrogens is 580 g/mol. The molecule has 230 valence electrons. The van der Waals surface area contributed by atoms with Gasteiger partial charge in [-0.05, 0) is 41.5 Å². The van der Waals surface area contributed by atoms with Crippen LogP contribution in [0.15, 0.2) is 24.4 Å². The van der Waals surface area contributed by atoms with E-state index < -0.39 is 29.3 Å². The van der Waals surface area contributed by atoms with Crippen molar-refractivity contribution in [3.63, 3.8) is 0 Å². The lowest BCUT2D eigenvalue weighted by atomic mass is 10.1. The highest BCUT2D eigenvalue weighted by Gasteiger charge is 2.36. The van der Waals surface area contributed by atoms with Gasteiger partial charge in [0.1, 0.15) is 40.1 Å². The lowest BCUT2D eigenvalue weighted by Gasteiger charge is -2.39.